The van der Waals surface area contributed by atoms with Crippen LogP contribution >= 0.6 is 0 Å². The summed E-state index contributed by atoms with van der Waals surface area (Å²) in [5.41, 5.74) is 10.1. The standard InChI is InChI=1S/C31H33N3/c1-20-17-18-32-29-25-14-8-13-24(22-11-6-3-7-12-22)30(25)34-27-16-15-23(21-9-4-2-5-10-21)19-26(27)33-31(34)28(20)29/h8,13-19,21-22H,2-7,9-12H2,1H3. The molecule has 0 bridgehead atoms. The van der Waals surface area contributed by atoms with Crippen LogP contribution in [0.4, 0.5) is 0 Å². The fourth-order valence-corrected chi connectivity index (χ4v) is 6.97. The van der Waals surface area contributed by atoms with Crippen molar-refractivity contribution in [1.29, 1.82) is 0 Å². The number of aromatic nitrogens is 3. The third kappa shape index (κ3) is 3.09. The van der Waals surface area contributed by atoms with Crippen LogP contribution in [-0.2, 0) is 0 Å². The molecule has 3 heterocycles. The molecule has 2 aliphatic carbocycles. The summed E-state index contributed by atoms with van der Waals surface area (Å²) in [6.45, 7) is 2.20. The van der Waals surface area contributed by atoms with E-state index in [9.17, 15) is 0 Å². The van der Waals surface area contributed by atoms with Crippen molar-refractivity contribution >= 4 is 38.5 Å². The van der Waals surface area contributed by atoms with Gasteiger partial charge in [0.1, 0.15) is 5.65 Å². The van der Waals surface area contributed by atoms with Gasteiger partial charge in [-0.2, -0.15) is 0 Å². The molecular weight excluding hydrogens is 414 g/mol. The van der Waals surface area contributed by atoms with Crippen LogP contribution in [0.3, 0.4) is 0 Å². The number of hydrogen-bond acceptors (Lipinski definition) is 2. The Labute approximate surface area is 201 Å². The molecule has 0 amide bonds. The Morgan fingerprint density at radius 2 is 1.59 bits per heavy atom. The number of para-hydroxylation sites is 1. The van der Waals surface area contributed by atoms with Crippen LogP contribution in [0.15, 0.2) is 48.7 Å². The highest BCUT2D eigenvalue weighted by Gasteiger charge is 2.24. The first-order valence-corrected chi connectivity index (χ1v) is 13.4. The molecule has 2 aromatic carbocycles. The van der Waals surface area contributed by atoms with Crippen LogP contribution in [0.1, 0.15) is 92.7 Å². The molecule has 0 unspecified atom stereocenters. The molecule has 0 spiro atoms. The zero-order chi connectivity index (χ0) is 22.6. The summed E-state index contributed by atoms with van der Waals surface area (Å²) in [6, 6.07) is 16.2. The topological polar surface area (TPSA) is 30.2 Å². The first kappa shape index (κ1) is 20.4. The fraction of sp³-hybridized carbons (Fsp3) is 0.419. The summed E-state index contributed by atoms with van der Waals surface area (Å²) in [6.07, 6.45) is 15.3. The lowest BCUT2D eigenvalue weighted by molar-refractivity contribution is 0.444. The summed E-state index contributed by atoms with van der Waals surface area (Å²) < 4.78 is 2.48. The van der Waals surface area contributed by atoms with Gasteiger partial charge in [-0.3, -0.25) is 9.38 Å². The third-order valence-corrected chi connectivity index (χ3v) is 8.73. The van der Waals surface area contributed by atoms with Crippen molar-refractivity contribution in [3.8, 4) is 0 Å². The minimum atomic E-state index is 0.627. The van der Waals surface area contributed by atoms with Crippen molar-refractivity contribution in [1.82, 2.24) is 14.4 Å². The van der Waals surface area contributed by atoms with Crippen LogP contribution < -0.4 is 0 Å². The highest BCUT2D eigenvalue weighted by Crippen LogP contribution is 2.41. The molecule has 0 aliphatic heterocycles. The van der Waals surface area contributed by atoms with E-state index in [0.29, 0.717) is 11.8 Å². The molecule has 0 saturated heterocycles. The summed E-state index contributed by atoms with van der Waals surface area (Å²) >= 11 is 0. The first-order valence-electron chi connectivity index (χ1n) is 13.4. The van der Waals surface area contributed by atoms with Gasteiger partial charge in [-0.05, 0) is 79.3 Å². The monoisotopic (exact) mass is 447 g/mol. The molecule has 5 aromatic rings. The summed E-state index contributed by atoms with van der Waals surface area (Å²) in [4.78, 5) is 10.2. The molecular formula is C31H33N3. The number of nitrogens with zero attached hydrogens (tertiary/aromatic N) is 3. The van der Waals surface area contributed by atoms with Gasteiger partial charge in [0.2, 0.25) is 0 Å². The number of benzene rings is 2. The molecule has 2 saturated carbocycles. The second-order valence-electron chi connectivity index (χ2n) is 10.8. The van der Waals surface area contributed by atoms with E-state index in [2.05, 4.69) is 53.8 Å². The lowest BCUT2D eigenvalue weighted by Crippen LogP contribution is -2.07. The quantitative estimate of drug-likeness (QED) is 0.254. The molecule has 7 rings (SSSR count). The summed E-state index contributed by atoms with van der Waals surface area (Å²) in [7, 11) is 0. The van der Waals surface area contributed by atoms with E-state index in [1.165, 1.54) is 103 Å². The van der Waals surface area contributed by atoms with E-state index in [1.54, 1.807) is 0 Å². The van der Waals surface area contributed by atoms with Gasteiger partial charge in [-0.1, -0.05) is 62.8 Å². The van der Waals surface area contributed by atoms with E-state index >= 15 is 0 Å². The minimum Gasteiger partial charge on any atom is -0.291 e. The van der Waals surface area contributed by atoms with Crippen molar-refractivity contribution in [2.24, 2.45) is 0 Å². The second-order valence-corrected chi connectivity index (χ2v) is 10.8. The molecule has 3 heteroatoms. The van der Waals surface area contributed by atoms with Crippen molar-refractivity contribution in [3.63, 3.8) is 0 Å². The van der Waals surface area contributed by atoms with Crippen LogP contribution in [0.25, 0.3) is 38.5 Å². The van der Waals surface area contributed by atoms with E-state index in [4.69, 9.17) is 9.97 Å². The largest absolute Gasteiger partial charge is 0.291 e. The van der Waals surface area contributed by atoms with Crippen LogP contribution in [-0.4, -0.2) is 14.4 Å². The minimum absolute atomic E-state index is 0.627. The predicted molar refractivity (Wildman–Crippen MR) is 142 cm³/mol. The molecule has 2 fully saturated rings. The number of fused-ring (bicyclic) bond motifs is 8. The summed E-state index contributed by atoms with van der Waals surface area (Å²) in [5.74, 6) is 1.32. The van der Waals surface area contributed by atoms with E-state index < -0.39 is 0 Å². The molecule has 0 atom stereocenters. The third-order valence-electron chi connectivity index (χ3n) is 8.73. The fourth-order valence-electron chi connectivity index (χ4n) is 6.97. The van der Waals surface area contributed by atoms with Gasteiger partial charge in [0.15, 0.2) is 0 Å². The Morgan fingerprint density at radius 3 is 2.38 bits per heavy atom. The molecule has 2 aliphatic rings. The SMILES string of the molecule is Cc1ccnc2c3cccc(C4CCCCC4)c3n3c4ccc(C5CCCCC5)cc4nc3c12. The molecule has 0 N–H and O–H groups in total. The molecule has 3 aromatic heterocycles. The van der Waals surface area contributed by atoms with Crippen molar-refractivity contribution < 1.29 is 0 Å². The average molecular weight is 448 g/mol. The van der Waals surface area contributed by atoms with Gasteiger partial charge >= 0.3 is 0 Å². The lowest BCUT2D eigenvalue weighted by atomic mass is 9.83. The molecule has 0 radical (unpaired) electrons. The van der Waals surface area contributed by atoms with Gasteiger partial charge in [0.05, 0.1) is 22.1 Å². The molecule has 34 heavy (non-hydrogen) atoms. The Hall–Kier alpha value is -2.94. The van der Waals surface area contributed by atoms with Gasteiger partial charge in [-0.15, -0.1) is 0 Å². The number of hydrogen-bond donors (Lipinski definition) is 0. The maximum Gasteiger partial charge on any atom is 0.148 e. The van der Waals surface area contributed by atoms with Crippen molar-refractivity contribution in [3.05, 3.63) is 65.4 Å². The Balaban J connectivity index is 1.58. The highest BCUT2D eigenvalue weighted by atomic mass is 15.0. The van der Waals surface area contributed by atoms with Gasteiger partial charge < -0.3 is 0 Å². The number of rotatable bonds is 2. The van der Waals surface area contributed by atoms with E-state index in [0.717, 1.165) is 16.7 Å². The van der Waals surface area contributed by atoms with Crippen LogP contribution in [0, 0.1) is 6.92 Å². The zero-order valence-corrected chi connectivity index (χ0v) is 20.2. The smallest absolute Gasteiger partial charge is 0.148 e. The summed E-state index contributed by atoms with van der Waals surface area (Å²) in [5, 5.41) is 2.47. The van der Waals surface area contributed by atoms with Crippen molar-refractivity contribution in [2.75, 3.05) is 0 Å². The number of pyridine rings is 2. The predicted octanol–water partition coefficient (Wildman–Crippen LogP) is 8.59. The van der Waals surface area contributed by atoms with E-state index in [1.807, 2.05) is 6.20 Å². The van der Waals surface area contributed by atoms with Gasteiger partial charge in [-0.25, -0.2) is 4.98 Å². The van der Waals surface area contributed by atoms with Crippen LogP contribution in [0.5, 0.6) is 0 Å². The Kier molecular flexibility index (Phi) is 4.85. The molecule has 3 nitrogen and oxygen atoms in total. The second kappa shape index (κ2) is 8.08. The molecule has 172 valence electrons. The highest BCUT2D eigenvalue weighted by molar-refractivity contribution is 6.13. The van der Waals surface area contributed by atoms with Crippen LogP contribution in [0.2, 0.25) is 0 Å². The zero-order valence-electron chi connectivity index (χ0n) is 20.2. The Bertz CT molecular complexity index is 1530. The lowest BCUT2D eigenvalue weighted by Gasteiger charge is -2.24. The average Bonchev–Trinajstić information content (AvgIpc) is 3.28. The first-order chi connectivity index (χ1) is 16.8. The van der Waals surface area contributed by atoms with Gasteiger partial charge in [0, 0.05) is 17.0 Å². The number of imidazole rings is 1. The van der Waals surface area contributed by atoms with Crippen molar-refractivity contribution in [2.45, 2.75) is 83.0 Å². The normalized spacial score (nSPS) is 18.5. The Morgan fingerprint density at radius 1 is 0.824 bits per heavy atom. The number of aryl methyl sites for hydroxylation is 1. The van der Waals surface area contributed by atoms with Gasteiger partial charge in [0.25, 0.3) is 0 Å². The maximum absolute atomic E-state index is 5.32. The van der Waals surface area contributed by atoms with E-state index in [-0.39, 0.29) is 0 Å². The maximum atomic E-state index is 5.32.